The fourth-order valence-electron chi connectivity index (χ4n) is 2.67. The average Bonchev–Trinajstić information content (AvgIpc) is 2.51. The van der Waals surface area contributed by atoms with Gasteiger partial charge in [-0.2, -0.15) is 0 Å². The molecule has 0 saturated heterocycles. The Morgan fingerprint density at radius 1 is 1.19 bits per heavy atom. The topological polar surface area (TPSA) is 124 Å². The highest BCUT2D eigenvalue weighted by molar-refractivity contribution is 5.95. The number of urea groups is 1. The molecule has 26 heavy (non-hydrogen) atoms. The Bertz CT molecular complexity index is 812. The molecule has 0 spiro atoms. The molecule has 0 aliphatic carbocycles. The fraction of sp³-hybridized carbons (Fsp3) is 0.412. The van der Waals surface area contributed by atoms with Gasteiger partial charge in [-0.25, -0.2) is 19.2 Å². The molecule has 9 nitrogen and oxygen atoms in total. The minimum Gasteiger partial charge on any atom is -0.463 e. The van der Waals surface area contributed by atoms with Crippen LogP contribution in [0.2, 0.25) is 0 Å². The van der Waals surface area contributed by atoms with Crippen LogP contribution in [0.15, 0.2) is 26.5 Å². The molecule has 2 rings (SSSR count). The van der Waals surface area contributed by atoms with Crippen LogP contribution in [0.4, 0.5) is 4.79 Å². The standard InChI is InChI=1S/C17H20N2O7/c1-5-24-16(22)14-9(3)18-17(23)19-11(14)7-25-15(21)13-8(2)6-12(20)26-10(13)4/h6,9H,5,7H2,1-4H3,(H2,18,19,23). The van der Waals surface area contributed by atoms with Gasteiger partial charge in [-0.3, -0.25) is 0 Å². The van der Waals surface area contributed by atoms with Crippen molar-refractivity contribution in [1.82, 2.24) is 10.6 Å². The van der Waals surface area contributed by atoms with Crippen molar-refractivity contribution in [3.05, 3.63) is 44.6 Å². The molecule has 140 valence electrons. The van der Waals surface area contributed by atoms with E-state index >= 15 is 0 Å². The number of aryl methyl sites for hydroxylation is 2. The summed E-state index contributed by atoms with van der Waals surface area (Å²) < 4.78 is 15.1. The van der Waals surface area contributed by atoms with Crippen LogP contribution in [0.25, 0.3) is 0 Å². The second-order valence-electron chi connectivity index (χ2n) is 5.69. The van der Waals surface area contributed by atoms with E-state index in [0.29, 0.717) is 5.56 Å². The number of amides is 2. The first-order chi connectivity index (χ1) is 12.2. The van der Waals surface area contributed by atoms with E-state index in [1.54, 1.807) is 20.8 Å². The van der Waals surface area contributed by atoms with Crippen LogP contribution in [-0.4, -0.2) is 37.2 Å². The lowest BCUT2D eigenvalue weighted by Crippen LogP contribution is -2.50. The van der Waals surface area contributed by atoms with Gasteiger partial charge in [0.2, 0.25) is 0 Å². The predicted octanol–water partition coefficient (Wildman–Crippen LogP) is 0.932. The highest BCUT2D eigenvalue weighted by Crippen LogP contribution is 2.17. The molecule has 0 fully saturated rings. The van der Waals surface area contributed by atoms with E-state index in [1.807, 2.05) is 0 Å². The van der Waals surface area contributed by atoms with Gasteiger partial charge in [0.1, 0.15) is 17.9 Å². The number of esters is 2. The lowest BCUT2D eigenvalue weighted by Gasteiger charge is -2.26. The first-order valence-electron chi connectivity index (χ1n) is 8.00. The molecular formula is C17H20N2O7. The molecule has 9 heteroatoms. The Hall–Kier alpha value is -3.10. The second-order valence-corrected chi connectivity index (χ2v) is 5.69. The maximum atomic E-state index is 12.4. The van der Waals surface area contributed by atoms with Gasteiger partial charge < -0.3 is 24.5 Å². The molecule has 0 bridgehead atoms. The molecule has 1 aromatic rings. The van der Waals surface area contributed by atoms with Gasteiger partial charge in [0.05, 0.1) is 23.9 Å². The van der Waals surface area contributed by atoms with Crippen molar-refractivity contribution >= 4 is 18.0 Å². The van der Waals surface area contributed by atoms with E-state index in [2.05, 4.69) is 10.6 Å². The molecule has 1 aromatic heterocycles. The second kappa shape index (κ2) is 7.85. The summed E-state index contributed by atoms with van der Waals surface area (Å²) in [5.41, 5.74) is 0.276. The van der Waals surface area contributed by atoms with Gasteiger partial charge in [-0.05, 0) is 33.3 Å². The van der Waals surface area contributed by atoms with Crippen molar-refractivity contribution in [3.8, 4) is 0 Å². The number of ether oxygens (including phenoxy) is 2. The third-order valence-electron chi connectivity index (χ3n) is 3.75. The zero-order chi connectivity index (χ0) is 19.4. The molecule has 0 radical (unpaired) electrons. The average molecular weight is 364 g/mol. The fourth-order valence-corrected chi connectivity index (χ4v) is 2.67. The lowest BCUT2D eigenvalue weighted by molar-refractivity contribution is -0.139. The number of nitrogens with one attached hydrogen (secondary N) is 2. The molecule has 1 aliphatic rings. The highest BCUT2D eigenvalue weighted by atomic mass is 16.5. The number of hydrogen-bond donors (Lipinski definition) is 2. The highest BCUT2D eigenvalue weighted by Gasteiger charge is 2.30. The molecule has 1 atom stereocenters. The monoisotopic (exact) mass is 364 g/mol. The smallest absolute Gasteiger partial charge is 0.342 e. The zero-order valence-corrected chi connectivity index (χ0v) is 14.9. The van der Waals surface area contributed by atoms with Crippen LogP contribution in [0, 0.1) is 13.8 Å². The summed E-state index contributed by atoms with van der Waals surface area (Å²) in [7, 11) is 0. The van der Waals surface area contributed by atoms with Gasteiger partial charge in [-0.15, -0.1) is 0 Å². The normalized spacial score (nSPS) is 16.6. The van der Waals surface area contributed by atoms with E-state index in [0.717, 1.165) is 0 Å². The Morgan fingerprint density at radius 2 is 1.88 bits per heavy atom. The number of carbonyl (C=O) groups excluding carboxylic acids is 3. The van der Waals surface area contributed by atoms with E-state index in [-0.39, 0.29) is 35.8 Å². The first kappa shape index (κ1) is 19.2. The molecule has 2 N–H and O–H groups in total. The summed E-state index contributed by atoms with van der Waals surface area (Å²) in [6.07, 6.45) is 0. The van der Waals surface area contributed by atoms with E-state index in [9.17, 15) is 19.2 Å². The molecule has 2 amide bonds. The summed E-state index contributed by atoms with van der Waals surface area (Å²) in [6.45, 7) is 6.15. The van der Waals surface area contributed by atoms with Crippen molar-refractivity contribution in [3.63, 3.8) is 0 Å². The van der Waals surface area contributed by atoms with Crippen molar-refractivity contribution in [2.45, 2.75) is 33.7 Å². The van der Waals surface area contributed by atoms with Gasteiger partial charge in [-0.1, -0.05) is 0 Å². The Morgan fingerprint density at radius 3 is 2.50 bits per heavy atom. The quantitative estimate of drug-likeness (QED) is 0.745. The lowest BCUT2D eigenvalue weighted by atomic mass is 10.0. The summed E-state index contributed by atoms with van der Waals surface area (Å²) in [5.74, 6) is -1.22. The summed E-state index contributed by atoms with van der Waals surface area (Å²) >= 11 is 0. The number of carbonyl (C=O) groups is 3. The van der Waals surface area contributed by atoms with Crippen LogP contribution in [0.3, 0.4) is 0 Å². The Balaban J connectivity index is 2.26. The first-order valence-corrected chi connectivity index (χ1v) is 8.00. The van der Waals surface area contributed by atoms with E-state index in [4.69, 9.17) is 13.9 Å². The summed E-state index contributed by atoms with van der Waals surface area (Å²) in [5, 5.41) is 5.00. The van der Waals surface area contributed by atoms with Crippen LogP contribution in [0.5, 0.6) is 0 Å². The minimum atomic E-state index is -0.736. The van der Waals surface area contributed by atoms with Crippen molar-refractivity contribution in [2.24, 2.45) is 0 Å². The molecule has 1 unspecified atom stereocenters. The molecular weight excluding hydrogens is 344 g/mol. The third-order valence-corrected chi connectivity index (χ3v) is 3.75. The maximum absolute atomic E-state index is 12.4. The molecule has 0 aromatic carbocycles. The van der Waals surface area contributed by atoms with Crippen LogP contribution >= 0.6 is 0 Å². The molecule has 2 heterocycles. The van der Waals surface area contributed by atoms with Crippen molar-refractivity contribution in [2.75, 3.05) is 13.2 Å². The summed E-state index contributed by atoms with van der Waals surface area (Å²) in [4.78, 5) is 47.5. The predicted molar refractivity (Wildman–Crippen MR) is 89.5 cm³/mol. The summed E-state index contributed by atoms with van der Waals surface area (Å²) in [6, 6.07) is 0.0609. The maximum Gasteiger partial charge on any atom is 0.342 e. The SMILES string of the molecule is CCOC(=O)C1=C(COC(=O)c2c(C)cc(=O)oc2C)NC(=O)NC1C. The van der Waals surface area contributed by atoms with E-state index in [1.165, 1.54) is 13.0 Å². The van der Waals surface area contributed by atoms with Gasteiger partial charge >= 0.3 is 23.6 Å². The molecule has 0 saturated carbocycles. The van der Waals surface area contributed by atoms with Crippen LogP contribution < -0.4 is 16.3 Å². The molecule has 1 aliphatic heterocycles. The Labute approximate surface area is 149 Å². The largest absolute Gasteiger partial charge is 0.463 e. The van der Waals surface area contributed by atoms with Crippen LogP contribution in [0.1, 0.15) is 35.5 Å². The van der Waals surface area contributed by atoms with Crippen molar-refractivity contribution in [1.29, 1.82) is 0 Å². The van der Waals surface area contributed by atoms with Gasteiger partial charge in [0, 0.05) is 6.07 Å². The van der Waals surface area contributed by atoms with Crippen LogP contribution in [-0.2, 0) is 14.3 Å². The number of rotatable bonds is 5. The number of hydrogen-bond acceptors (Lipinski definition) is 7. The third kappa shape index (κ3) is 4.11. The zero-order valence-electron chi connectivity index (χ0n) is 14.9. The van der Waals surface area contributed by atoms with Gasteiger partial charge in [0.25, 0.3) is 0 Å². The Kier molecular flexibility index (Phi) is 5.81. The minimum absolute atomic E-state index is 0.121. The van der Waals surface area contributed by atoms with Gasteiger partial charge in [0.15, 0.2) is 0 Å². The van der Waals surface area contributed by atoms with Crippen molar-refractivity contribution < 1.29 is 28.3 Å². The van der Waals surface area contributed by atoms with E-state index < -0.39 is 29.6 Å².